The van der Waals surface area contributed by atoms with Gasteiger partial charge in [-0.3, -0.25) is 5.32 Å². The van der Waals surface area contributed by atoms with Gasteiger partial charge >= 0.3 is 6.09 Å². The standard InChI is InChI=1S/C18H25FN2O2/c1-18(2,3)23-17(22)20-13-6-7-14(19)16(10-13)21-15-9-11-4-5-12(15)8-11/h6-7,10-12,15,21H,4-5,8-9H2,1-3H3,(H,20,22). The number of carbonyl (C=O) groups excluding carboxylic acids is 1. The summed E-state index contributed by atoms with van der Waals surface area (Å²) in [7, 11) is 0. The van der Waals surface area contributed by atoms with Crippen molar-refractivity contribution in [2.24, 2.45) is 11.8 Å². The summed E-state index contributed by atoms with van der Waals surface area (Å²) >= 11 is 0. The molecule has 1 amide bonds. The van der Waals surface area contributed by atoms with Gasteiger partial charge in [0.15, 0.2) is 0 Å². The molecule has 3 rings (SSSR count). The van der Waals surface area contributed by atoms with Gasteiger partial charge in [0, 0.05) is 11.7 Å². The van der Waals surface area contributed by atoms with Crippen LogP contribution in [0.5, 0.6) is 0 Å². The third-order valence-electron chi connectivity index (χ3n) is 4.69. The van der Waals surface area contributed by atoms with E-state index in [1.165, 1.54) is 25.3 Å². The second-order valence-corrected chi connectivity index (χ2v) is 7.75. The molecule has 2 saturated carbocycles. The number of hydrogen-bond acceptors (Lipinski definition) is 3. The monoisotopic (exact) mass is 320 g/mol. The van der Waals surface area contributed by atoms with E-state index in [4.69, 9.17) is 4.74 Å². The maximum absolute atomic E-state index is 14.1. The topological polar surface area (TPSA) is 50.4 Å². The van der Waals surface area contributed by atoms with Gasteiger partial charge in [0.1, 0.15) is 11.4 Å². The Morgan fingerprint density at radius 3 is 2.65 bits per heavy atom. The number of rotatable bonds is 3. The minimum atomic E-state index is -0.561. The van der Waals surface area contributed by atoms with Crippen LogP contribution in [0.15, 0.2) is 18.2 Å². The molecule has 0 aliphatic heterocycles. The molecule has 2 aliphatic rings. The van der Waals surface area contributed by atoms with Crippen molar-refractivity contribution in [2.75, 3.05) is 10.6 Å². The molecule has 0 aromatic heterocycles. The third-order valence-corrected chi connectivity index (χ3v) is 4.69. The SMILES string of the molecule is CC(C)(C)OC(=O)Nc1ccc(F)c(NC2CC3CCC2C3)c1. The van der Waals surface area contributed by atoms with E-state index in [0.717, 1.165) is 12.3 Å². The lowest BCUT2D eigenvalue weighted by Gasteiger charge is -2.24. The van der Waals surface area contributed by atoms with Gasteiger partial charge in [-0.2, -0.15) is 0 Å². The number of hydrogen-bond donors (Lipinski definition) is 2. The molecule has 0 heterocycles. The predicted molar refractivity (Wildman–Crippen MR) is 89.1 cm³/mol. The summed E-state index contributed by atoms with van der Waals surface area (Å²) in [6, 6.07) is 4.92. The molecule has 1 aromatic carbocycles. The van der Waals surface area contributed by atoms with Gasteiger partial charge < -0.3 is 10.1 Å². The van der Waals surface area contributed by atoms with Crippen molar-refractivity contribution in [1.29, 1.82) is 0 Å². The Hall–Kier alpha value is -1.78. The molecule has 5 heteroatoms. The molecule has 0 saturated heterocycles. The highest BCUT2D eigenvalue weighted by Crippen LogP contribution is 2.45. The summed E-state index contributed by atoms with van der Waals surface area (Å²) < 4.78 is 19.3. The van der Waals surface area contributed by atoms with Crippen molar-refractivity contribution in [2.45, 2.75) is 58.1 Å². The zero-order chi connectivity index (χ0) is 16.6. The van der Waals surface area contributed by atoms with E-state index < -0.39 is 11.7 Å². The van der Waals surface area contributed by atoms with Gasteiger partial charge in [-0.1, -0.05) is 6.42 Å². The lowest BCUT2D eigenvalue weighted by atomic mass is 9.95. The molecule has 0 radical (unpaired) electrons. The number of nitrogens with one attached hydrogen (secondary N) is 2. The van der Waals surface area contributed by atoms with Crippen LogP contribution in [0.3, 0.4) is 0 Å². The van der Waals surface area contributed by atoms with Crippen LogP contribution in [0.1, 0.15) is 46.5 Å². The van der Waals surface area contributed by atoms with Crippen LogP contribution in [0.2, 0.25) is 0 Å². The number of ether oxygens (including phenoxy) is 1. The predicted octanol–water partition coefficient (Wildman–Crippen LogP) is 4.77. The quantitative estimate of drug-likeness (QED) is 0.843. The average molecular weight is 320 g/mol. The van der Waals surface area contributed by atoms with E-state index in [0.29, 0.717) is 23.3 Å². The Labute approximate surface area is 136 Å². The fourth-order valence-electron chi connectivity index (χ4n) is 3.76. The normalized spacial score (nSPS) is 26.2. The molecule has 2 bridgehead atoms. The molecule has 0 spiro atoms. The van der Waals surface area contributed by atoms with Gasteiger partial charge in [0.2, 0.25) is 0 Å². The van der Waals surface area contributed by atoms with E-state index in [9.17, 15) is 9.18 Å². The smallest absolute Gasteiger partial charge is 0.412 e. The molecular weight excluding hydrogens is 295 g/mol. The van der Waals surface area contributed by atoms with E-state index in [-0.39, 0.29) is 5.82 Å². The summed E-state index contributed by atoms with van der Waals surface area (Å²) in [6.07, 6.45) is 4.39. The van der Waals surface area contributed by atoms with Crippen LogP contribution in [0.4, 0.5) is 20.6 Å². The van der Waals surface area contributed by atoms with Crippen LogP contribution in [-0.2, 0) is 4.74 Å². The molecule has 3 unspecified atom stereocenters. The van der Waals surface area contributed by atoms with Gasteiger partial charge in [-0.25, -0.2) is 9.18 Å². The molecule has 3 atom stereocenters. The van der Waals surface area contributed by atoms with Crippen molar-refractivity contribution in [3.63, 3.8) is 0 Å². The Bertz CT molecular complexity index is 597. The minimum absolute atomic E-state index is 0.289. The first kappa shape index (κ1) is 16.1. The molecule has 2 aliphatic carbocycles. The van der Waals surface area contributed by atoms with Crippen molar-refractivity contribution >= 4 is 17.5 Å². The van der Waals surface area contributed by atoms with Gasteiger partial charge in [0.25, 0.3) is 0 Å². The number of fused-ring (bicyclic) bond motifs is 2. The Morgan fingerprint density at radius 2 is 2.04 bits per heavy atom. The van der Waals surface area contributed by atoms with Crippen LogP contribution < -0.4 is 10.6 Å². The van der Waals surface area contributed by atoms with Gasteiger partial charge in [-0.15, -0.1) is 0 Å². The number of carbonyl (C=O) groups is 1. The fourth-order valence-corrected chi connectivity index (χ4v) is 3.76. The number of anilines is 2. The third kappa shape index (κ3) is 3.95. The number of amides is 1. The van der Waals surface area contributed by atoms with Gasteiger partial charge in [0.05, 0.1) is 5.69 Å². The molecule has 2 fully saturated rings. The molecule has 23 heavy (non-hydrogen) atoms. The Balaban J connectivity index is 1.66. The minimum Gasteiger partial charge on any atom is -0.444 e. The van der Waals surface area contributed by atoms with Crippen LogP contribution >= 0.6 is 0 Å². The highest BCUT2D eigenvalue weighted by molar-refractivity contribution is 5.85. The summed E-state index contributed by atoms with van der Waals surface area (Å²) in [5.74, 6) is 1.16. The first-order valence-corrected chi connectivity index (χ1v) is 8.36. The molecule has 1 aromatic rings. The first-order chi connectivity index (χ1) is 10.8. The molecule has 126 valence electrons. The number of halogens is 1. The highest BCUT2D eigenvalue weighted by Gasteiger charge is 2.39. The van der Waals surface area contributed by atoms with Crippen molar-refractivity contribution in [3.8, 4) is 0 Å². The molecule has 4 nitrogen and oxygen atoms in total. The van der Waals surface area contributed by atoms with Crippen LogP contribution in [-0.4, -0.2) is 17.7 Å². The lowest BCUT2D eigenvalue weighted by Crippen LogP contribution is -2.28. The van der Waals surface area contributed by atoms with E-state index in [1.54, 1.807) is 32.9 Å². The van der Waals surface area contributed by atoms with Crippen molar-refractivity contribution in [3.05, 3.63) is 24.0 Å². The average Bonchev–Trinajstić information content (AvgIpc) is 3.02. The highest BCUT2D eigenvalue weighted by atomic mass is 19.1. The first-order valence-electron chi connectivity index (χ1n) is 8.36. The fraction of sp³-hybridized carbons (Fsp3) is 0.611. The number of benzene rings is 1. The maximum atomic E-state index is 14.1. The largest absolute Gasteiger partial charge is 0.444 e. The summed E-state index contributed by atoms with van der Waals surface area (Å²) in [5.41, 5.74) is 0.427. The zero-order valence-corrected chi connectivity index (χ0v) is 14.0. The van der Waals surface area contributed by atoms with Crippen molar-refractivity contribution < 1.29 is 13.9 Å². The van der Waals surface area contributed by atoms with E-state index in [2.05, 4.69) is 10.6 Å². The molecule has 2 N–H and O–H groups in total. The second-order valence-electron chi connectivity index (χ2n) is 7.75. The van der Waals surface area contributed by atoms with Crippen LogP contribution in [0, 0.1) is 17.7 Å². The van der Waals surface area contributed by atoms with Crippen molar-refractivity contribution in [1.82, 2.24) is 0 Å². The Morgan fingerprint density at radius 1 is 1.26 bits per heavy atom. The van der Waals surface area contributed by atoms with Gasteiger partial charge in [-0.05, 0) is 70.1 Å². The Kier molecular flexibility index (Phi) is 4.21. The summed E-state index contributed by atoms with van der Waals surface area (Å²) in [4.78, 5) is 11.8. The van der Waals surface area contributed by atoms with Crippen LogP contribution in [0.25, 0.3) is 0 Å². The summed E-state index contributed by atoms with van der Waals surface area (Å²) in [6.45, 7) is 5.41. The maximum Gasteiger partial charge on any atom is 0.412 e. The zero-order valence-electron chi connectivity index (χ0n) is 14.0. The van der Waals surface area contributed by atoms with E-state index >= 15 is 0 Å². The second kappa shape index (κ2) is 6.02. The van der Waals surface area contributed by atoms with E-state index in [1.807, 2.05) is 0 Å². The molecular formula is C18H25FN2O2. The lowest BCUT2D eigenvalue weighted by molar-refractivity contribution is 0.0636. The summed E-state index contributed by atoms with van der Waals surface area (Å²) in [5, 5.41) is 5.99.